The Balaban J connectivity index is 2.34. The predicted octanol–water partition coefficient (Wildman–Crippen LogP) is 7.22. The highest BCUT2D eigenvalue weighted by atomic mass is 32.2. The molecular formula is C25H36S2. The van der Waals surface area contributed by atoms with E-state index in [9.17, 15) is 0 Å². The lowest BCUT2D eigenvalue weighted by Gasteiger charge is -2.28. The quantitative estimate of drug-likeness (QED) is 0.407. The van der Waals surface area contributed by atoms with Crippen molar-refractivity contribution in [1.29, 1.82) is 0 Å². The van der Waals surface area contributed by atoms with Crippen LogP contribution in [0.5, 0.6) is 0 Å². The van der Waals surface area contributed by atoms with Crippen molar-refractivity contribution in [3.8, 4) is 0 Å². The van der Waals surface area contributed by atoms with Gasteiger partial charge in [0.15, 0.2) is 0 Å². The van der Waals surface area contributed by atoms with Gasteiger partial charge in [-0.05, 0) is 84.8 Å². The highest BCUT2D eigenvalue weighted by Crippen LogP contribution is 2.34. The van der Waals surface area contributed by atoms with Crippen molar-refractivity contribution >= 4 is 23.5 Å². The minimum absolute atomic E-state index is 0.0208. The molecule has 27 heavy (non-hydrogen) atoms. The zero-order chi connectivity index (χ0) is 20.0. The Hall–Kier alpha value is -0.860. The minimum atomic E-state index is 0.0208. The van der Waals surface area contributed by atoms with Crippen molar-refractivity contribution in [3.05, 3.63) is 69.8 Å². The van der Waals surface area contributed by atoms with Gasteiger partial charge in [-0.15, -0.1) is 0 Å². The van der Waals surface area contributed by atoms with Gasteiger partial charge in [0.05, 0.1) is 0 Å². The molecule has 2 aromatic rings. The molecule has 148 valence electrons. The average Bonchev–Trinajstić information content (AvgIpc) is 2.64. The maximum atomic E-state index is 2.46. The lowest BCUT2D eigenvalue weighted by molar-refractivity contribution is 0.637. The third kappa shape index (κ3) is 5.81. The van der Waals surface area contributed by atoms with E-state index in [1.54, 1.807) is 0 Å². The topological polar surface area (TPSA) is 0 Å². The van der Waals surface area contributed by atoms with Gasteiger partial charge in [-0.2, -0.15) is 23.5 Å². The van der Waals surface area contributed by atoms with Crippen molar-refractivity contribution in [3.63, 3.8) is 0 Å². The van der Waals surface area contributed by atoms with E-state index < -0.39 is 0 Å². The Morgan fingerprint density at radius 3 is 2.00 bits per heavy atom. The molecule has 0 aromatic heterocycles. The standard InChI is InChI=1S/C25H36S2/c1-18-10-12-23(16-21(18)9-8-14-26-6)25(4,5)24-13-11-19(2)22(17-24)15-20(3)27-7/h10-13,16-17,20H,8-9,14-15H2,1-7H3. The molecule has 0 N–H and O–H groups in total. The van der Waals surface area contributed by atoms with Crippen LogP contribution >= 0.6 is 23.5 Å². The van der Waals surface area contributed by atoms with E-state index in [-0.39, 0.29) is 5.41 Å². The maximum Gasteiger partial charge on any atom is 0.0146 e. The maximum absolute atomic E-state index is 2.46. The van der Waals surface area contributed by atoms with Crippen molar-refractivity contribution in [2.45, 2.75) is 64.5 Å². The third-order valence-electron chi connectivity index (χ3n) is 5.85. The van der Waals surface area contributed by atoms with Crippen LogP contribution in [0.4, 0.5) is 0 Å². The lowest BCUT2D eigenvalue weighted by Crippen LogP contribution is -2.20. The second kappa shape index (κ2) is 10.1. The van der Waals surface area contributed by atoms with Crippen LogP contribution in [0.25, 0.3) is 0 Å². The Morgan fingerprint density at radius 2 is 1.44 bits per heavy atom. The summed E-state index contributed by atoms with van der Waals surface area (Å²) in [5.41, 5.74) is 8.72. The van der Waals surface area contributed by atoms with Gasteiger partial charge in [0.1, 0.15) is 0 Å². The monoisotopic (exact) mass is 400 g/mol. The number of hydrogen-bond acceptors (Lipinski definition) is 2. The number of rotatable bonds is 9. The molecule has 0 heterocycles. The van der Waals surface area contributed by atoms with Gasteiger partial charge in [0.2, 0.25) is 0 Å². The van der Waals surface area contributed by atoms with Crippen LogP contribution in [0.2, 0.25) is 0 Å². The summed E-state index contributed by atoms with van der Waals surface area (Å²) in [4.78, 5) is 0. The van der Waals surface area contributed by atoms with E-state index in [1.165, 1.54) is 52.0 Å². The largest absolute Gasteiger partial charge is 0.165 e. The van der Waals surface area contributed by atoms with E-state index >= 15 is 0 Å². The molecular weight excluding hydrogens is 364 g/mol. The summed E-state index contributed by atoms with van der Waals surface area (Å²) in [6.45, 7) is 11.6. The Kier molecular flexibility index (Phi) is 8.37. The molecule has 2 rings (SSSR count). The second-order valence-corrected chi connectivity index (χ2v) is 10.5. The van der Waals surface area contributed by atoms with Gasteiger partial charge in [0, 0.05) is 10.7 Å². The molecule has 1 atom stereocenters. The van der Waals surface area contributed by atoms with E-state index in [1.807, 2.05) is 23.5 Å². The normalized spacial score (nSPS) is 13.0. The molecule has 0 aliphatic heterocycles. The summed E-state index contributed by atoms with van der Waals surface area (Å²) >= 11 is 3.89. The number of thioether (sulfide) groups is 2. The molecule has 0 fully saturated rings. The van der Waals surface area contributed by atoms with Crippen LogP contribution in [-0.4, -0.2) is 23.5 Å². The van der Waals surface area contributed by atoms with Crippen molar-refractivity contribution in [2.75, 3.05) is 18.3 Å². The predicted molar refractivity (Wildman–Crippen MR) is 128 cm³/mol. The Bertz CT molecular complexity index is 746. The average molecular weight is 401 g/mol. The van der Waals surface area contributed by atoms with Crippen LogP contribution in [0.15, 0.2) is 36.4 Å². The van der Waals surface area contributed by atoms with Crippen molar-refractivity contribution < 1.29 is 0 Å². The summed E-state index contributed by atoms with van der Waals surface area (Å²) in [5.74, 6) is 1.24. The molecule has 2 aromatic carbocycles. The molecule has 0 saturated heterocycles. The van der Waals surface area contributed by atoms with E-state index in [0.717, 1.165) is 6.42 Å². The van der Waals surface area contributed by atoms with Crippen LogP contribution < -0.4 is 0 Å². The molecule has 0 nitrogen and oxygen atoms in total. The third-order valence-corrected chi connectivity index (χ3v) is 7.51. The van der Waals surface area contributed by atoms with Crippen LogP contribution in [0, 0.1) is 13.8 Å². The molecule has 0 amide bonds. The first kappa shape index (κ1) is 22.4. The number of aryl methyl sites for hydroxylation is 3. The first-order valence-corrected chi connectivity index (χ1v) is 12.7. The number of benzene rings is 2. The van der Waals surface area contributed by atoms with E-state index in [0.29, 0.717) is 5.25 Å². The summed E-state index contributed by atoms with van der Waals surface area (Å²) in [7, 11) is 0. The first-order chi connectivity index (χ1) is 12.8. The fraction of sp³-hybridized carbons (Fsp3) is 0.520. The van der Waals surface area contributed by atoms with Crippen LogP contribution in [-0.2, 0) is 18.3 Å². The van der Waals surface area contributed by atoms with Crippen molar-refractivity contribution in [1.82, 2.24) is 0 Å². The fourth-order valence-corrected chi connectivity index (χ4v) is 4.36. The number of hydrogen-bond donors (Lipinski definition) is 0. The Labute approximate surface area is 175 Å². The molecule has 0 bridgehead atoms. The zero-order valence-electron chi connectivity index (χ0n) is 18.2. The van der Waals surface area contributed by atoms with Crippen LogP contribution in [0.1, 0.15) is 60.6 Å². The molecule has 0 aliphatic carbocycles. The smallest absolute Gasteiger partial charge is 0.0146 e. The SMILES string of the molecule is CSCCCc1cc(C(C)(C)c2ccc(C)c(CC(C)SC)c2)ccc1C. The summed E-state index contributed by atoms with van der Waals surface area (Å²) in [6, 6.07) is 14.2. The molecule has 1 unspecified atom stereocenters. The molecule has 2 heteroatoms. The van der Waals surface area contributed by atoms with Gasteiger partial charge in [-0.1, -0.05) is 57.2 Å². The molecule has 0 aliphatic rings. The highest BCUT2D eigenvalue weighted by molar-refractivity contribution is 7.99. The molecule has 0 radical (unpaired) electrons. The van der Waals surface area contributed by atoms with Gasteiger partial charge in [0.25, 0.3) is 0 Å². The van der Waals surface area contributed by atoms with E-state index in [2.05, 4.69) is 83.5 Å². The lowest BCUT2D eigenvalue weighted by atomic mass is 9.76. The summed E-state index contributed by atoms with van der Waals surface area (Å²) in [6.07, 6.45) is 7.98. The first-order valence-electron chi connectivity index (χ1n) is 10.0. The molecule has 0 spiro atoms. The van der Waals surface area contributed by atoms with Gasteiger partial charge < -0.3 is 0 Å². The van der Waals surface area contributed by atoms with Gasteiger partial charge in [-0.3, -0.25) is 0 Å². The second-order valence-electron chi connectivity index (χ2n) is 8.25. The zero-order valence-corrected chi connectivity index (χ0v) is 19.8. The molecule has 0 saturated carbocycles. The van der Waals surface area contributed by atoms with Gasteiger partial charge in [-0.25, -0.2) is 0 Å². The van der Waals surface area contributed by atoms with Crippen molar-refractivity contribution in [2.24, 2.45) is 0 Å². The minimum Gasteiger partial charge on any atom is -0.165 e. The highest BCUT2D eigenvalue weighted by Gasteiger charge is 2.24. The summed E-state index contributed by atoms with van der Waals surface area (Å²) < 4.78 is 0. The summed E-state index contributed by atoms with van der Waals surface area (Å²) in [5, 5.41) is 0.657. The van der Waals surface area contributed by atoms with Crippen LogP contribution in [0.3, 0.4) is 0 Å². The van der Waals surface area contributed by atoms with E-state index in [4.69, 9.17) is 0 Å². The van der Waals surface area contributed by atoms with Gasteiger partial charge >= 0.3 is 0 Å². The Morgan fingerprint density at radius 1 is 0.889 bits per heavy atom. The fourth-order valence-electron chi connectivity index (χ4n) is 3.58.